The second-order valence-corrected chi connectivity index (χ2v) is 9.04. The molecule has 168 valence electrons. The summed E-state index contributed by atoms with van der Waals surface area (Å²) in [6, 6.07) is 20.2. The Kier molecular flexibility index (Phi) is 12.7. The van der Waals surface area contributed by atoms with Crippen LogP contribution in [0.3, 0.4) is 0 Å². The Labute approximate surface area is 185 Å². The maximum atomic E-state index is 5.73. The van der Waals surface area contributed by atoms with Gasteiger partial charge in [-0.05, 0) is 38.8 Å². The van der Waals surface area contributed by atoms with Crippen molar-refractivity contribution in [3.05, 3.63) is 71.8 Å². The first-order valence-electron chi connectivity index (χ1n) is 11.8. The molecule has 2 aromatic carbocycles. The van der Waals surface area contributed by atoms with Crippen molar-refractivity contribution in [3.63, 3.8) is 0 Å². The minimum absolute atomic E-state index is 0.493. The molecule has 0 aliphatic rings. The largest absolute Gasteiger partial charge is 0.225 e. The molecule has 0 unspecified atom stereocenters. The second kappa shape index (κ2) is 14.4. The van der Waals surface area contributed by atoms with Crippen molar-refractivity contribution in [1.29, 1.82) is 0 Å². The lowest BCUT2D eigenvalue weighted by Gasteiger charge is -2.31. The topological polar surface area (TPSA) is 18.5 Å². The molecule has 2 rings (SSSR count). The summed E-state index contributed by atoms with van der Waals surface area (Å²) in [6.07, 6.45) is 11.5. The molecule has 0 aromatic heterocycles. The van der Waals surface area contributed by atoms with Gasteiger partial charge in [0.25, 0.3) is 0 Å². The Morgan fingerprint density at radius 2 is 0.800 bits per heavy atom. The van der Waals surface area contributed by atoms with E-state index in [1.54, 1.807) is 0 Å². The van der Waals surface area contributed by atoms with Crippen LogP contribution in [0.4, 0.5) is 0 Å². The zero-order valence-corrected chi connectivity index (χ0v) is 20.2. The number of benzene rings is 2. The molecule has 30 heavy (non-hydrogen) atoms. The molecule has 0 N–H and O–H groups in total. The monoisotopic (exact) mass is 412 g/mol. The van der Waals surface area contributed by atoms with Crippen molar-refractivity contribution >= 4 is 0 Å². The standard InChI is InChI=1S/C18H22O2.C10H22/c1-17(2,15-11-7-5-8-12-15)19-20-18(3,4)16-13-9-6-10-14-16;1-3-5-7-9-10-8-6-4-2/h5-14H,1-4H3;3-10H2,1-2H3. The average molecular weight is 413 g/mol. The lowest BCUT2D eigenvalue weighted by molar-refractivity contribution is -0.410. The van der Waals surface area contributed by atoms with E-state index >= 15 is 0 Å². The number of rotatable bonds is 12. The van der Waals surface area contributed by atoms with Gasteiger partial charge >= 0.3 is 0 Å². The first-order valence-corrected chi connectivity index (χ1v) is 11.8. The number of unbranched alkanes of at least 4 members (excludes halogenated alkanes) is 7. The summed E-state index contributed by atoms with van der Waals surface area (Å²) in [4.78, 5) is 11.5. The zero-order valence-electron chi connectivity index (χ0n) is 20.2. The van der Waals surface area contributed by atoms with Crippen molar-refractivity contribution in [2.24, 2.45) is 0 Å². The van der Waals surface area contributed by atoms with Crippen LogP contribution in [0.15, 0.2) is 60.7 Å². The van der Waals surface area contributed by atoms with Crippen molar-refractivity contribution in [2.45, 2.75) is 104 Å². The van der Waals surface area contributed by atoms with Crippen LogP contribution in [-0.4, -0.2) is 0 Å². The predicted molar refractivity (Wildman–Crippen MR) is 129 cm³/mol. The van der Waals surface area contributed by atoms with E-state index in [0.717, 1.165) is 11.1 Å². The van der Waals surface area contributed by atoms with Gasteiger partial charge < -0.3 is 0 Å². The average Bonchev–Trinajstić information content (AvgIpc) is 2.77. The van der Waals surface area contributed by atoms with E-state index in [0.29, 0.717) is 0 Å². The van der Waals surface area contributed by atoms with E-state index in [1.165, 1.54) is 51.4 Å². The van der Waals surface area contributed by atoms with Gasteiger partial charge in [-0.25, -0.2) is 9.78 Å². The third kappa shape index (κ3) is 10.4. The van der Waals surface area contributed by atoms with Gasteiger partial charge in [-0.1, -0.05) is 126 Å². The van der Waals surface area contributed by atoms with Gasteiger partial charge in [0.15, 0.2) is 0 Å². The van der Waals surface area contributed by atoms with E-state index in [-0.39, 0.29) is 0 Å². The van der Waals surface area contributed by atoms with Crippen LogP contribution in [0.25, 0.3) is 0 Å². The lowest BCUT2D eigenvalue weighted by Crippen LogP contribution is -2.29. The summed E-state index contributed by atoms with van der Waals surface area (Å²) in [7, 11) is 0. The van der Waals surface area contributed by atoms with Gasteiger partial charge in [-0.3, -0.25) is 0 Å². The summed E-state index contributed by atoms with van der Waals surface area (Å²) in [6.45, 7) is 12.6. The molecule has 0 bridgehead atoms. The fraction of sp³-hybridized carbons (Fsp3) is 0.571. The van der Waals surface area contributed by atoms with E-state index < -0.39 is 11.2 Å². The van der Waals surface area contributed by atoms with Gasteiger partial charge in [-0.2, -0.15) is 0 Å². The summed E-state index contributed by atoms with van der Waals surface area (Å²) in [5.74, 6) is 0. The van der Waals surface area contributed by atoms with Crippen molar-refractivity contribution < 1.29 is 9.78 Å². The van der Waals surface area contributed by atoms with Crippen molar-refractivity contribution in [1.82, 2.24) is 0 Å². The van der Waals surface area contributed by atoms with Gasteiger partial charge in [0.1, 0.15) is 11.2 Å². The molecular weight excluding hydrogens is 368 g/mol. The quantitative estimate of drug-likeness (QED) is 0.197. The Morgan fingerprint density at radius 1 is 0.500 bits per heavy atom. The maximum Gasteiger partial charge on any atom is 0.123 e. The molecule has 0 aliphatic carbocycles. The molecule has 2 aromatic rings. The van der Waals surface area contributed by atoms with Crippen LogP contribution in [0, 0.1) is 0 Å². The molecule has 0 radical (unpaired) electrons. The Hall–Kier alpha value is -1.64. The molecule has 0 atom stereocenters. The van der Waals surface area contributed by atoms with Crippen molar-refractivity contribution in [3.8, 4) is 0 Å². The van der Waals surface area contributed by atoms with Crippen LogP contribution in [0.1, 0.15) is 104 Å². The molecule has 0 heterocycles. The first kappa shape index (κ1) is 26.4. The summed E-state index contributed by atoms with van der Waals surface area (Å²) in [5.41, 5.74) is 1.19. The Morgan fingerprint density at radius 3 is 1.10 bits per heavy atom. The third-order valence-corrected chi connectivity index (χ3v) is 5.35. The molecule has 0 saturated carbocycles. The highest BCUT2D eigenvalue weighted by molar-refractivity contribution is 5.22. The molecular formula is C28H44O2. The highest BCUT2D eigenvalue weighted by Crippen LogP contribution is 2.31. The highest BCUT2D eigenvalue weighted by atomic mass is 17.2. The van der Waals surface area contributed by atoms with Gasteiger partial charge in [-0.15, -0.1) is 0 Å². The molecule has 0 spiro atoms. The Balaban J connectivity index is 0.000000382. The minimum atomic E-state index is -0.493. The molecule has 2 nitrogen and oxygen atoms in total. The first-order chi connectivity index (χ1) is 14.3. The van der Waals surface area contributed by atoms with E-state index in [2.05, 4.69) is 13.8 Å². The molecule has 2 heteroatoms. The summed E-state index contributed by atoms with van der Waals surface area (Å²) in [5, 5.41) is 0. The van der Waals surface area contributed by atoms with E-state index in [4.69, 9.17) is 9.78 Å². The van der Waals surface area contributed by atoms with E-state index in [1.807, 2.05) is 88.4 Å². The van der Waals surface area contributed by atoms with Crippen LogP contribution in [0.2, 0.25) is 0 Å². The normalized spacial score (nSPS) is 11.7. The van der Waals surface area contributed by atoms with Crippen LogP contribution < -0.4 is 0 Å². The van der Waals surface area contributed by atoms with Crippen LogP contribution >= 0.6 is 0 Å². The summed E-state index contributed by atoms with van der Waals surface area (Å²) >= 11 is 0. The maximum absolute atomic E-state index is 5.73. The number of hydrogen-bond donors (Lipinski definition) is 0. The number of hydrogen-bond acceptors (Lipinski definition) is 2. The fourth-order valence-electron chi connectivity index (χ4n) is 3.19. The van der Waals surface area contributed by atoms with Gasteiger partial charge in [0.05, 0.1) is 0 Å². The summed E-state index contributed by atoms with van der Waals surface area (Å²) < 4.78 is 0. The smallest absolute Gasteiger partial charge is 0.123 e. The lowest BCUT2D eigenvalue weighted by atomic mass is 9.98. The SMILES string of the molecule is CC(C)(OOC(C)(C)c1ccccc1)c1ccccc1.CCCCCCCCCC. The van der Waals surface area contributed by atoms with Gasteiger partial charge in [0, 0.05) is 0 Å². The van der Waals surface area contributed by atoms with Gasteiger partial charge in [0.2, 0.25) is 0 Å². The van der Waals surface area contributed by atoms with E-state index in [9.17, 15) is 0 Å². The highest BCUT2D eigenvalue weighted by Gasteiger charge is 2.29. The Bertz CT molecular complexity index is 587. The molecule has 0 amide bonds. The van der Waals surface area contributed by atoms with Crippen LogP contribution in [0.5, 0.6) is 0 Å². The molecule has 0 fully saturated rings. The third-order valence-electron chi connectivity index (χ3n) is 5.35. The molecule has 0 saturated heterocycles. The van der Waals surface area contributed by atoms with Crippen LogP contribution in [-0.2, 0) is 21.0 Å². The zero-order chi connectivity index (χ0) is 22.3. The minimum Gasteiger partial charge on any atom is -0.225 e. The second-order valence-electron chi connectivity index (χ2n) is 9.04. The molecule has 0 aliphatic heterocycles. The fourth-order valence-corrected chi connectivity index (χ4v) is 3.19. The van der Waals surface area contributed by atoms with Crippen molar-refractivity contribution in [2.75, 3.05) is 0 Å². The predicted octanol–water partition coefficient (Wildman–Crippen LogP) is 8.95.